The zero-order valence-corrected chi connectivity index (χ0v) is 17.3. The number of aromatic nitrogens is 1. The topological polar surface area (TPSA) is 59.1 Å². The van der Waals surface area contributed by atoms with Crippen LogP contribution in [-0.2, 0) is 10.0 Å². The van der Waals surface area contributed by atoms with Crippen LogP contribution in [0.2, 0.25) is 0 Å². The molecule has 1 atom stereocenters. The Kier molecular flexibility index (Phi) is 5.59. The van der Waals surface area contributed by atoms with Gasteiger partial charge in [-0.3, -0.25) is 4.98 Å². The van der Waals surface area contributed by atoms with Crippen molar-refractivity contribution in [1.29, 1.82) is 0 Å². The molecular formula is C21H29FN2O2S. The van der Waals surface area contributed by atoms with Crippen LogP contribution in [-0.4, -0.2) is 24.2 Å². The molecule has 1 aromatic heterocycles. The average molecular weight is 393 g/mol. The third-order valence-corrected chi connectivity index (χ3v) is 8.10. The normalized spacial score (nSPS) is 22.7. The molecule has 4 nitrogen and oxygen atoms in total. The molecule has 1 fully saturated rings. The van der Waals surface area contributed by atoms with E-state index in [9.17, 15) is 12.8 Å². The number of nitrogens with one attached hydrogen (secondary N) is 1. The zero-order valence-electron chi connectivity index (χ0n) is 16.5. The van der Waals surface area contributed by atoms with E-state index in [4.69, 9.17) is 0 Å². The third kappa shape index (κ3) is 4.32. The fraction of sp³-hybridized carbons (Fsp3) is 0.571. The minimum atomic E-state index is -3.35. The van der Waals surface area contributed by atoms with E-state index in [1.54, 1.807) is 39.1 Å². The molecule has 1 aliphatic rings. The molecule has 1 saturated carbocycles. The fourth-order valence-corrected chi connectivity index (χ4v) is 4.98. The van der Waals surface area contributed by atoms with Gasteiger partial charge in [-0.05, 0) is 95.0 Å². The van der Waals surface area contributed by atoms with Gasteiger partial charge in [-0.15, -0.1) is 0 Å². The van der Waals surface area contributed by atoms with Crippen molar-refractivity contribution in [2.45, 2.75) is 70.1 Å². The Morgan fingerprint density at radius 1 is 1.15 bits per heavy atom. The van der Waals surface area contributed by atoms with Gasteiger partial charge < -0.3 is 0 Å². The predicted molar refractivity (Wildman–Crippen MR) is 108 cm³/mol. The predicted octanol–water partition coefficient (Wildman–Crippen LogP) is 4.75. The van der Waals surface area contributed by atoms with Gasteiger partial charge in [0.05, 0.1) is 10.3 Å². The number of nitrogens with zero attached hydrogens (tertiary/aromatic N) is 1. The number of benzene rings is 1. The quantitative estimate of drug-likeness (QED) is 0.816. The summed E-state index contributed by atoms with van der Waals surface area (Å²) in [5.41, 5.74) is 1.98. The Morgan fingerprint density at radius 3 is 2.44 bits per heavy atom. The first kappa shape index (κ1) is 20.2. The summed E-state index contributed by atoms with van der Waals surface area (Å²) in [7, 11) is -3.35. The van der Waals surface area contributed by atoms with Crippen molar-refractivity contribution in [2.24, 2.45) is 5.92 Å². The molecule has 0 unspecified atom stereocenters. The van der Waals surface area contributed by atoms with Gasteiger partial charge in [0.25, 0.3) is 0 Å². The lowest BCUT2D eigenvalue weighted by Crippen LogP contribution is -2.46. The van der Waals surface area contributed by atoms with Crippen molar-refractivity contribution < 1.29 is 12.8 Å². The fourth-order valence-electron chi connectivity index (χ4n) is 3.94. The van der Waals surface area contributed by atoms with Gasteiger partial charge in [-0.25, -0.2) is 17.5 Å². The van der Waals surface area contributed by atoms with Crippen LogP contribution < -0.4 is 4.72 Å². The van der Waals surface area contributed by atoms with Gasteiger partial charge >= 0.3 is 0 Å². The molecule has 1 aromatic carbocycles. The average Bonchev–Trinajstić information content (AvgIpc) is 2.60. The van der Waals surface area contributed by atoms with E-state index in [-0.39, 0.29) is 11.9 Å². The second kappa shape index (κ2) is 7.47. The van der Waals surface area contributed by atoms with Gasteiger partial charge in [-0.2, -0.15) is 0 Å². The maximum Gasteiger partial charge on any atom is 0.216 e. The molecule has 2 aromatic rings. The van der Waals surface area contributed by atoms with Crippen molar-refractivity contribution >= 4 is 20.9 Å². The number of halogens is 1. The van der Waals surface area contributed by atoms with E-state index >= 15 is 0 Å². The molecule has 148 valence electrons. The van der Waals surface area contributed by atoms with Crippen LogP contribution in [0.25, 0.3) is 10.9 Å². The minimum absolute atomic E-state index is 0.0817. The molecular weight excluding hydrogens is 363 g/mol. The van der Waals surface area contributed by atoms with Crippen molar-refractivity contribution in [1.82, 2.24) is 9.71 Å². The number of sulfonamides is 1. The first-order chi connectivity index (χ1) is 12.6. The lowest BCUT2D eigenvalue weighted by molar-refractivity contribution is 0.280. The SMILES string of the molecule is C[C@@H](NS(=O)(=O)C(C)(C)C)C1CCC(c2ccnc3ccc(F)cc23)CC1. The van der Waals surface area contributed by atoms with Gasteiger partial charge in [0, 0.05) is 17.6 Å². The first-order valence-electron chi connectivity index (χ1n) is 9.64. The van der Waals surface area contributed by atoms with Crippen LogP contribution in [0.1, 0.15) is 64.9 Å². The number of rotatable bonds is 4. The van der Waals surface area contributed by atoms with Gasteiger partial charge in [0.2, 0.25) is 10.0 Å². The van der Waals surface area contributed by atoms with E-state index in [1.807, 2.05) is 13.0 Å². The second-order valence-electron chi connectivity index (χ2n) is 8.70. The molecule has 0 bridgehead atoms. The lowest BCUT2D eigenvalue weighted by atomic mass is 9.76. The van der Waals surface area contributed by atoms with Crippen LogP contribution in [0.4, 0.5) is 4.39 Å². The molecule has 0 amide bonds. The number of hydrogen-bond donors (Lipinski definition) is 1. The molecule has 1 N–H and O–H groups in total. The highest BCUT2D eigenvalue weighted by Crippen LogP contribution is 2.39. The largest absolute Gasteiger partial charge is 0.256 e. The van der Waals surface area contributed by atoms with E-state index in [1.165, 1.54) is 6.07 Å². The number of fused-ring (bicyclic) bond motifs is 1. The zero-order chi connectivity index (χ0) is 19.8. The molecule has 3 rings (SSSR count). The molecule has 0 saturated heterocycles. The Labute approximate surface area is 161 Å². The van der Waals surface area contributed by atoms with Crippen molar-refractivity contribution in [3.05, 3.63) is 41.8 Å². The van der Waals surface area contributed by atoms with Gasteiger partial charge in [0.15, 0.2) is 0 Å². The van der Waals surface area contributed by atoms with E-state index < -0.39 is 14.8 Å². The third-order valence-electron chi connectivity index (χ3n) is 5.80. The van der Waals surface area contributed by atoms with Crippen LogP contribution in [0, 0.1) is 11.7 Å². The summed E-state index contributed by atoms with van der Waals surface area (Å²) < 4.78 is 40.6. The molecule has 0 spiro atoms. The minimum Gasteiger partial charge on any atom is -0.256 e. The smallest absolute Gasteiger partial charge is 0.216 e. The standard InChI is InChI=1S/C21H29FN2O2S/c1-14(24-27(25,26)21(2,3)4)15-5-7-16(8-6-15)18-11-12-23-20-10-9-17(22)13-19(18)20/h9-16,24H,5-8H2,1-4H3/t14-,15?,16?/m1/s1. The summed E-state index contributed by atoms with van der Waals surface area (Å²) in [6, 6.07) is 6.66. The van der Waals surface area contributed by atoms with Crippen LogP contribution in [0.3, 0.4) is 0 Å². The Balaban J connectivity index is 1.70. The maximum absolute atomic E-state index is 13.7. The maximum atomic E-state index is 13.7. The van der Waals surface area contributed by atoms with Crippen LogP contribution in [0.15, 0.2) is 30.5 Å². The molecule has 1 aliphatic carbocycles. The van der Waals surface area contributed by atoms with Crippen molar-refractivity contribution in [3.63, 3.8) is 0 Å². The summed E-state index contributed by atoms with van der Waals surface area (Å²) in [6.45, 7) is 7.11. The Morgan fingerprint density at radius 2 is 1.81 bits per heavy atom. The number of hydrogen-bond acceptors (Lipinski definition) is 3. The lowest BCUT2D eigenvalue weighted by Gasteiger charge is -2.34. The molecule has 1 heterocycles. The molecule has 0 aliphatic heterocycles. The summed E-state index contributed by atoms with van der Waals surface area (Å²) in [6.07, 6.45) is 5.65. The summed E-state index contributed by atoms with van der Waals surface area (Å²) in [5, 5.41) is 0.891. The van der Waals surface area contributed by atoms with Gasteiger partial charge in [0.1, 0.15) is 5.82 Å². The molecule has 6 heteroatoms. The Hall–Kier alpha value is -1.53. The van der Waals surface area contributed by atoms with Crippen molar-refractivity contribution in [2.75, 3.05) is 0 Å². The van der Waals surface area contributed by atoms with Gasteiger partial charge in [-0.1, -0.05) is 0 Å². The summed E-state index contributed by atoms with van der Waals surface area (Å²) >= 11 is 0. The highest BCUT2D eigenvalue weighted by Gasteiger charge is 2.34. The van der Waals surface area contributed by atoms with E-state index in [0.29, 0.717) is 11.8 Å². The Bertz CT molecular complexity index is 913. The van der Waals surface area contributed by atoms with Crippen molar-refractivity contribution in [3.8, 4) is 0 Å². The summed E-state index contributed by atoms with van der Waals surface area (Å²) in [5.74, 6) is 0.443. The summed E-state index contributed by atoms with van der Waals surface area (Å²) in [4.78, 5) is 4.34. The first-order valence-corrected chi connectivity index (χ1v) is 11.1. The number of pyridine rings is 1. The highest BCUT2D eigenvalue weighted by molar-refractivity contribution is 7.90. The molecule has 27 heavy (non-hydrogen) atoms. The van der Waals surface area contributed by atoms with Crippen LogP contribution >= 0.6 is 0 Å². The highest BCUT2D eigenvalue weighted by atomic mass is 32.2. The molecule has 0 radical (unpaired) electrons. The second-order valence-corrected chi connectivity index (χ2v) is 11.2. The van der Waals surface area contributed by atoms with E-state index in [0.717, 1.165) is 42.1 Å². The monoisotopic (exact) mass is 392 g/mol. The van der Waals surface area contributed by atoms with Crippen LogP contribution in [0.5, 0.6) is 0 Å². The van der Waals surface area contributed by atoms with E-state index in [2.05, 4.69) is 9.71 Å².